The Hall–Kier alpha value is -2.45. The predicted octanol–water partition coefficient (Wildman–Crippen LogP) is 0.730. The largest absolute Gasteiger partial charge is 0.437 e. The van der Waals surface area contributed by atoms with Crippen LogP contribution in [0.25, 0.3) is 11.5 Å². The van der Waals surface area contributed by atoms with E-state index in [0.29, 0.717) is 25.3 Å². The van der Waals surface area contributed by atoms with Crippen molar-refractivity contribution < 1.29 is 13.9 Å². The molecule has 0 unspecified atom stereocenters. The van der Waals surface area contributed by atoms with Gasteiger partial charge in [0.1, 0.15) is 6.54 Å². The zero-order chi connectivity index (χ0) is 18.6. The Morgan fingerprint density at radius 3 is 2.62 bits per heavy atom. The molecule has 0 spiro atoms. The van der Waals surface area contributed by atoms with Gasteiger partial charge in [-0.3, -0.25) is 9.69 Å². The highest BCUT2D eigenvalue weighted by Crippen LogP contribution is 2.15. The third kappa shape index (κ3) is 4.39. The van der Waals surface area contributed by atoms with Gasteiger partial charge in [0.15, 0.2) is 0 Å². The highest BCUT2D eigenvalue weighted by atomic mass is 16.5. The van der Waals surface area contributed by atoms with Crippen LogP contribution in [0.15, 0.2) is 39.5 Å². The van der Waals surface area contributed by atoms with Crippen LogP contribution in [-0.2, 0) is 16.1 Å². The van der Waals surface area contributed by atoms with Gasteiger partial charge in [-0.2, -0.15) is 4.68 Å². The van der Waals surface area contributed by atoms with E-state index in [9.17, 15) is 9.59 Å². The molecule has 26 heavy (non-hydrogen) atoms. The fraction of sp³-hybridized carbons (Fsp3) is 0.500. The van der Waals surface area contributed by atoms with Crippen molar-refractivity contribution in [3.63, 3.8) is 0 Å². The lowest BCUT2D eigenvalue weighted by Crippen LogP contribution is -2.55. The number of nitrogens with one attached hydrogen (secondary N) is 1. The number of carbonyl (C=O) groups is 1. The van der Waals surface area contributed by atoms with Gasteiger partial charge in [0.2, 0.25) is 11.8 Å². The predicted molar refractivity (Wildman–Crippen MR) is 95.7 cm³/mol. The molecular formula is C18H24N4O4. The molecular weight excluding hydrogens is 336 g/mol. The van der Waals surface area contributed by atoms with Gasteiger partial charge in [0.05, 0.1) is 13.2 Å². The third-order valence-electron chi connectivity index (χ3n) is 4.51. The minimum Gasteiger partial charge on any atom is -0.388 e. The summed E-state index contributed by atoms with van der Waals surface area (Å²) in [6.45, 7) is 7.54. The first-order chi connectivity index (χ1) is 12.5. The molecule has 140 valence electrons. The van der Waals surface area contributed by atoms with Crippen molar-refractivity contribution in [2.24, 2.45) is 0 Å². The Kier molecular flexibility index (Phi) is 5.53. The number of morpholine rings is 1. The van der Waals surface area contributed by atoms with E-state index in [2.05, 4.69) is 29.2 Å². The lowest BCUT2D eigenvalue weighted by molar-refractivity contribution is -0.122. The second-order valence-corrected chi connectivity index (χ2v) is 6.89. The lowest BCUT2D eigenvalue weighted by atomic mass is 10.0. The fourth-order valence-electron chi connectivity index (χ4n) is 2.89. The van der Waals surface area contributed by atoms with Gasteiger partial charge in [-0.05, 0) is 26.0 Å². The molecule has 8 heteroatoms. The SMILES string of the molecule is CC(C)(CNC(=O)Cn1nc(-c2ccccc2)oc1=O)N1CCOCC1. The van der Waals surface area contributed by atoms with E-state index >= 15 is 0 Å². The van der Waals surface area contributed by atoms with Gasteiger partial charge in [-0.1, -0.05) is 18.2 Å². The highest BCUT2D eigenvalue weighted by Gasteiger charge is 2.28. The minimum atomic E-state index is -0.647. The Morgan fingerprint density at radius 2 is 1.92 bits per heavy atom. The molecule has 0 bridgehead atoms. The average Bonchev–Trinajstić information content (AvgIpc) is 3.02. The molecule has 1 aromatic carbocycles. The first-order valence-corrected chi connectivity index (χ1v) is 8.68. The molecule has 1 aliphatic rings. The van der Waals surface area contributed by atoms with E-state index in [1.54, 1.807) is 12.1 Å². The number of aromatic nitrogens is 2. The normalized spacial score (nSPS) is 15.8. The second-order valence-electron chi connectivity index (χ2n) is 6.89. The van der Waals surface area contributed by atoms with E-state index < -0.39 is 5.76 Å². The topological polar surface area (TPSA) is 89.6 Å². The summed E-state index contributed by atoms with van der Waals surface area (Å²) in [7, 11) is 0. The van der Waals surface area contributed by atoms with Crippen LogP contribution in [0, 0.1) is 0 Å². The number of ether oxygens (including phenoxy) is 1. The van der Waals surface area contributed by atoms with Crippen LogP contribution in [0.5, 0.6) is 0 Å². The number of benzene rings is 1. The van der Waals surface area contributed by atoms with Crippen LogP contribution in [0.1, 0.15) is 13.8 Å². The summed E-state index contributed by atoms with van der Waals surface area (Å²) in [5.74, 6) is -0.718. The Labute approximate surface area is 151 Å². The summed E-state index contributed by atoms with van der Waals surface area (Å²) < 4.78 is 11.5. The van der Waals surface area contributed by atoms with Gasteiger partial charge in [-0.15, -0.1) is 5.10 Å². The third-order valence-corrected chi connectivity index (χ3v) is 4.51. The van der Waals surface area contributed by atoms with Crippen molar-refractivity contribution in [3.05, 3.63) is 40.9 Å². The van der Waals surface area contributed by atoms with E-state index in [-0.39, 0.29) is 23.9 Å². The molecule has 1 amide bonds. The standard InChI is InChI=1S/C18H24N4O4/c1-18(2,21-8-10-25-11-9-21)13-19-15(23)12-22-17(24)26-16(20-22)14-6-4-3-5-7-14/h3-7H,8-13H2,1-2H3,(H,19,23). The molecule has 1 aromatic heterocycles. The average molecular weight is 360 g/mol. The van der Waals surface area contributed by atoms with Crippen molar-refractivity contribution in [1.29, 1.82) is 0 Å². The molecule has 1 aliphatic heterocycles. The van der Waals surface area contributed by atoms with Crippen LogP contribution >= 0.6 is 0 Å². The van der Waals surface area contributed by atoms with E-state index in [4.69, 9.17) is 9.15 Å². The number of hydrogen-bond acceptors (Lipinski definition) is 6. The van der Waals surface area contributed by atoms with Crippen LogP contribution in [0.3, 0.4) is 0 Å². The van der Waals surface area contributed by atoms with Crippen LogP contribution in [0.2, 0.25) is 0 Å². The maximum absolute atomic E-state index is 12.2. The highest BCUT2D eigenvalue weighted by molar-refractivity contribution is 5.75. The Morgan fingerprint density at radius 1 is 1.23 bits per heavy atom. The molecule has 1 N–H and O–H groups in total. The summed E-state index contributed by atoms with van der Waals surface area (Å²) in [5, 5.41) is 6.99. The van der Waals surface area contributed by atoms with Gasteiger partial charge in [0.25, 0.3) is 0 Å². The van der Waals surface area contributed by atoms with Crippen LogP contribution in [0.4, 0.5) is 0 Å². The smallest absolute Gasteiger partial charge is 0.388 e. The van der Waals surface area contributed by atoms with Crippen LogP contribution in [-0.4, -0.2) is 59.0 Å². The molecule has 0 aliphatic carbocycles. The summed E-state index contributed by atoms with van der Waals surface area (Å²) in [6.07, 6.45) is 0. The molecule has 0 saturated carbocycles. The first-order valence-electron chi connectivity index (χ1n) is 8.68. The van der Waals surface area contributed by atoms with Gasteiger partial charge in [0, 0.05) is 30.7 Å². The first kappa shape index (κ1) is 18.3. The van der Waals surface area contributed by atoms with E-state index in [1.165, 1.54) is 0 Å². The van der Waals surface area contributed by atoms with Crippen molar-refractivity contribution >= 4 is 5.91 Å². The fourth-order valence-corrected chi connectivity index (χ4v) is 2.89. The van der Waals surface area contributed by atoms with Crippen molar-refractivity contribution in [1.82, 2.24) is 20.0 Å². The van der Waals surface area contributed by atoms with E-state index in [0.717, 1.165) is 17.8 Å². The van der Waals surface area contributed by atoms with E-state index in [1.807, 2.05) is 18.2 Å². The maximum Gasteiger partial charge on any atom is 0.437 e. The van der Waals surface area contributed by atoms with Crippen molar-refractivity contribution in [2.45, 2.75) is 25.9 Å². The summed E-state index contributed by atoms with van der Waals surface area (Å²) >= 11 is 0. The molecule has 2 heterocycles. The van der Waals surface area contributed by atoms with Crippen LogP contribution < -0.4 is 11.1 Å². The van der Waals surface area contributed by atoms with Gasteiger partial charge >= 0.3 is 5.76 Å². The molecule has 1 saturated heterocycles. The maximum atomic E-state index is 12.2. The zero-order valence-corrected chi connectivity index (χ0v) is 15.1. The molecule has 0 radical (unpaired) electrons. The molecule has 0 atom stereocenters. The zero-order valence-electron chi connectivity index (χ0n) is 15.1. The molecule has 1 fully saturated rings. The number of amides is 1. The molecule has 8 nitrogen and oxygen atoms in total. The minimum absolute atomic E-state index is 0.172. The summed E-state index contributed by atoms with van der Waals surface area (Å²) in [4.78, 5) is 26.5. The number of rotatable bonds is 6. The lowest BCUT2D eigenvalue weighted by Gasteiger charge is -2.40. The summed E-state index contributed by atoms with van der Waals surface area (Å²) in [6, 6.07) is 9.10. The number of carbonyl (C=O) groups excluding carboxylic acids is 1. The molecule has 2 aromatic rings. The number of hydrogen-bond donors (Lipinski definition) is 1. The Bertz CT molecular complexity index is 791. The quantitative estimate of drug-likeness (QED) is 0.817. The second kappa shape index (κ2) is 7.84. The molecule has 3 rings (SSSR count). The monoisotopic (exact) mass is 360 g/mol. The van der Waals surface area contributed by atoms with Crippen molar-refractivity contribution in [3.8, 4) is 11.5 Å². The van der Waals surface area contributed by atoms with Crippen molar-refractivity contribution in [2.75, 3.05) is 32.8 Å². The summed E-state index contributed by atoms with van der Waals surface area (Å²) in [5.41, 5.74) is 0.501. The van der Waals surface area contributed by atoms with Gasteiger partial charge < -0.3 is 14.5 Å². The Balaban J connectivity index is 1.58. The van der Waals surface area contributed by atoms with Gasteiger partial charge in [-0.25, -0.2) is 4.79 Å². The number of nitrogens with zero attached hydrogens (tertiary/aromatic N) is 3.